The molecular formula is C26H34O5. The van der Waals surface area contributed by atoms with E-state index in [4.69, 9.17) is 4.74 Å². The number of aryl methyl sites for hydroxylation is 1. The number of aliphatic hydroxyl groups is 4. The summed E-state index contributed by atoms with van der Waals surface area (Å²) in [6.45, 7) is 3.84. The van der Waals surface area contributed by atoms with Crippen molar-refractivity contribution in [1.29, 1.82) is 0 Å². The van der Waals surface area contributed by atoms with Crippen LogP contribution in [0.25, 0.3) is 0 Å². The molecule has 5 nitrogen and oxygen atoms in total. The van der Waals surface area contributed by atoms with Gasteiger partial charge in [0.1, 0.15) is 30.5 Å². The minimum absolute atomic E-state index is 0.412. The molecule has 5 heteroatoms. The number of hydrogen-bond donors (Lipinski definition) is 4. The molecule has 168 valence electrons. The summed E-state index contributed by atoms with van der Waals surface area (Å²) in [5, 5.41) is 40.9. The Morgan fingerprint density at radius 1 is 0.871 bits per heavy atom. The molecule has 31 heavy (non-hydrogen) atoms. The quantitative estimate of drug-likeness (QED) is 0.570. The molecule has 1 aliphatic heterocycles. The van der Waals surface area contributed by atoms with Crippen LogP contribution in [0.15, 0.2) is 30.3 Å². The van der Waals surface area contributed by atoms with Gasteiger partial charge in [0.05, 0.1) is 6.61 Å². The third-order valence-electron chi connectivity index (χ3n) is 7.03. The van der Waals surface area contributed by atoms with Gasteiger partial charge in [-0.1, -0.05) is 44.2 Å². The Bertz CT molecular complexity index is 905. The van der Waals surface area contributed by atoms with Crippen molar-refractivity contribution in [2.24, 2.45) is 0 Å². The van der Waals surface area contributed by atoms with Crippen molar-refractivity contribution in [1.82, 2.24) is 0 Å². The first-order valence-electron chi connectivity index (χ1n) is 11.5. The molecule has 1 saturated heterocycles. The number of rotatable bonds is 6. The van der Waals surface area contributed by atoms with Crippen molar-refractivity contribution in [3.8, 4) is 0 Å². The van der Waals surface area contributed by atoms with Gasteiger partial charge in [-0.15, -0.1) is 0 Å². The fraction of sp³-hybridized carbons (Fsp3) is 0.538. The Balaban J connectivity index is 1.76. The Hall–Kier alpha value is -1.76. The number of aliphatic hydroxyl groups excluding tert-OH is 4. The molecule has 1 heterocycles. The average molecular weight is 427 g/mol. The van der Waals surface area contributed by atoms with Crippen LogP contribution in [0.3, 0.4) is 0 Å². The fourth-order valence-corrected chi connectivity index (χ4v) is 5.27. The lowest BCUT2D eigenvalue weighted by Gasteiger charge is -2.41. The van der Waals surface area contributed by atoms with Gasteiger partial charge in [0, 0.05) is 0 Å². The second-order valence-electron chi connectivity index (χ2n) is 8.86. The van der Waals surface area contributed by atoms with E-state index in [1.165, 1.54) is 33.4 Å². The minimum Gasteiger partial charge on any atom is -0.394 e. The Morgan fingerprint density at radius 3 is 2.19 bits per heavy atom. The molecular weight excluding hydrogens is 392 g/mol. The molecule has 2 aromatic carbocycles. The van der Waals surface area contributed by atoms with Crippen LogP contribution in [0.2, 0.25) is 0 Å². The minimum atomic E-state index is -1.36. The van der Waals surface area contributed by atoms with Gasteiger partial charge in [0.15, 0.2) is 0 Å². The smallest absolute Gasteiger partial charge is 0.113 e. The lowest BCUT2D eigenvalue weighted by atomic mass is 9.83. The molecule has 2 aliphatic rings. The van der Waals surface area contributed by atoms with Gasteiger partial charge in [-0.2, -0.15) is 0 Å². The van der Waals surface area contributed by atoms with Crippen LogP contribution < -0.4 is 0 Å². The van der Waals surface area contributed by atoms with Crippen LogP contribution in [0.1, 0.15) is 65.3 Å². The van der Waals surface area contributed by atoms with Crippen molar-refractivity contribution >= 4 is 0 Å². The first kappa shape index (κ1) is 22.4. The van der Waals surface area contributed by atoms with Gasteiger partial charge in [-0.05, 0) is 77.5 Å². The molecule has 1 aliphatic carbocycles. The number of benzene rings is 2. The van der Waals surface area contributed by atoms with Crippen molar-refractivity contribution in [3.63, 3.8) is 0 Å². The Labute approximate surface area is 184 Å². The highest BCUT2D eigenvalue weighted by Crippen LogP contribution is 2.40. The lowest BCUT2D eigenvalue weighted by Crippen LogP contribution is -2.55. The van der Waals surface area contributed by atoms with Crippen LogP contribution in [0.5, 0.6) is 0 Å². The number of hydrogen-bond acceptors (Lipinski definition) is 5. The topological polar surface area (TPSA) is 90.2 Å². The molecule has 4 rings (SSSR count). The molecule has 0 amide bonds. The van der Waals surface area contributed by atoms with E-state index in [9.17, 15) is 20.4 Å². The molecule has 0 radical (unpaired) electrons. The fourth-order valence-electron chi connectivity index (χ4n) is 5.27. The number of ether oxygens (including phenoxy) is 1. The first-order valence-corrected chi connectivity index (χ1v) is 11.5. The van der Waals surface area contributed by atoms with Crippen molar-refractivity contribution in [3.05, 3.63) is 69.3 Å². The molecule has 0 saturated carbocycles. The lowest BCUT2D eigenvalue weighted by molar-refractivity contribution is -0.231. The molecule has 0 aromatic heterocycles. The van der Waals surface area contributed by atoms with E-state index in [0.717, 1.165) is 44.1 Å². The summed E-state index contributed by atoms with van der Waals surface area (Å²) in [5.74, 6) is 0. The monoisotopic (exact) mass is 426 g/mol. The first-order chi connectivity index (χ1) is 15.0. The van der Waals surface area contributed by atoms with Gasteiger partial charge < -0.3 is 25.2 Å². The van der Waals surface area contributed by atoms with Crippen LogP contribution in [-0.4, -0.2) is 51.4 Å². The van der Waals surface area contributed by atoms with Gasteiger partial charge in [0.2, 0.25) is 0 Å². The molecule has 0 spiro atoms. The van der Waals surface area contributed by atoms with E-state index >= 15 is 0 Å². The second-order valence-corrected chi connectivity index (χ2v) is 8.86. The summed E-state index contributed by atoms with van der Waals surface area (Å²) in [4.78, 5) is 0. The predicted molar refractivity (Wildman–Crippen MR) is 119 cm³/mol. The molecule has 0 unspecified atom stereocenters. The van der Waals surface area contributed by atoms with E-state index in [1.54, 1.807) is 0 Å². The van der Waals surface area contributed by atoms with E-state index in [2.05, 4.69) is 44.2 Å². The van der Waals surface area contributed by atoms with E-state index in [1.807, 2.05) is 0 Å². The SMILES string of the molecule is CCc1ccc(Cc2cc([C@@H]3O[C@H](CO)[C@@H](O)[C@H](O)[C@H]3O)c(CC)c3c2CCC3)cc1. The normalized spacial score (nSPS) is 28.0. The summed E-state index contributed by atoms with van der Waals surface area (Å²) < 4.78 is 5.94. The molecule has 0 bridgehead atoms. The average Bonchev–Trinajstić information content (AvgIpc) is 3.28. The zero-order valence-electron chi connectivity index (χ0n) is 18.4. The summed E-state index contributed by atoms with van der Waals surface area (Å²) in [6.07, 6.45) is 0.170. The third-order valence-corrected chi connectivity index (χ3v) is 7.03. The van der Waals surface area contributed by atoms with E-state index < -0.39 is 37.1 Å². The maximum Gasteiger partial charge on any atom is 0.113 e. The maximum atomic E-state index is 10.8. The third kappa shape index (κ3) is 4.18. The largest absolute Gasteiger partial charge is 0.394 e. The Morgan fingerprint density at radius 2 is 1.55 bits per heavy atom. The molecule has 2 aromatic rings. The highest BCUT2D eigenvalue weighted by molar-refractivity contribution is 5.51. The Kier molecular flexibility index (Phi) is 6.80. The van der Waals surface area contributed by atoms with Crippen LogP contribution >= 0.6 is 0 Å². The van der Waals surface area contributed by atoms with Gasteiger partial charge >= 0.3 is 0 Å². The highest BCUT2D eigenvalue weighted by Gasteiger charge is 2.45. The summed E-state index contributed by atoms with van der Waals surface area (Å²) in [5.41, 5.74) is 8.59. The van der Waals surface area contributed by atoms with Crippen LogP contribution in [0.4, 0.5) is 0 Å². The maximum absolute atomic E-state index is 10.8. The molecule has 1 fully saturated rings. The molecule has 4 N–H and O–H groups in total. The van der Waals surface area contributed by atoms with Crippen molar-refractivity contribution in [2.75, 3.05) is 6.61 Å². The standard InChI is InChI=1S/C26H34O5/c1-3-15-8-10-16(11-9-15)12-17-13-21(18(4-2)20-7-5-6-19(17)20)26-25(30)24(29)23(28)22(14-27)31-26/h8-11,13,22-30H,3-7,12,14H2,1-2H3/t22-,23-,24+,25-,26+/m1/s1. The molecule has 5 atom stereocenters. The van der Waals surface area contributed by atoms with Crippen molar-refractivity contribution in [2.45, 2.75) is 82.9 Å². The highest BCUT2D eigenvalue weighted by atomic mass is 16.5. The van der Waals surface area contributed by atoms with E-state index in [0.29, 0.717) is 0 Å². The van der Waals surface area contributed by atoms with Gasteiger partial charge in [-0.3, -0.25) is 0 Å². The van der Waals surface area contributed by atoms with Crippen LogP contribution in [0, 0.1) is 0 Å². The predicted octanol–water partition coefficient (Wildman–Crippen LogP) is 2.41. The second kappa shape index (κ2) is 9.39. The summed E-state index contributed by atoms with van der Waals surface area (Å²) in [7, 11) is 0. The van der Waals surface area contributed by atoms with E-state index in [-0.39, 0.29) is 0 Å². The summed E-state index contributed by atoms with van der Waals surface area (Å²) >= 11 is 0. The van der Waals surface area contributed by atoms with Gasteiger partial charge in [-0.25, -0.2) is 0 Å². The van der Waals surface area contributed by atoms with Crippen LogP contribution in [-0.2, 0) is 36.8 Å². The van der Waals surface area contributed by atoms with Crippen molar-refractivity contribution < 1.29 is 25.2 Å². The number of fused-ring (bicyclic) bond motifs is 1. The zero-order chi connectivity index (χ0) is 22.1. The van der Waals surface area contributed by atoms with Gasteiger partial charge in [0.25, 0.3) is 0 Å². The summed E-state index contributed by atoms with van der Waals surface area (Å²) in [6, 6.07) is 10.8. The zero-order valence-corrected chi connectivity index (χ0v) is 18.4.